The van der Waals surface area contributed by atoms with Crippen molar-refractivity contribution in [3.63, 3.8) is 0 Å². The standard InChI is InChI=1S/C15H16INO3S/c16-13-5-7-14(8-6-13)17-21(19,20)15-9-3-12(4-10-15)2-1-11-18/h3-10,17-18H,1-2,11H2. The van der Waals surface area contributed by atoms with Crippen molar-refractivity contribution in [2.75, 3.05) is 11.3 Å². The maximum Gasteiger partial charge on any atom is 0.261 e. The summed E-state index contributed by atoms with van der Waals surface area (Å²) in [6.07, 6.45) is 1.41. The van der Waals surface area contributed by atoms with Crippen LogP contribution in [0, 0.1) is 3.57 Å². The third kappa shape index (κ3) is 4.69. The zero-order valence-electron chi connectivity index (χ0n) is 11.3. The van der Waals surface area contributed by atoms with E-state index in [4.69, 9.17) is 5.11 Å². The Bertz CT molecular complexity index is 682. The second kappa shape index (κ2) is 7.24. The molecule has 0 saturated heterocycles. The van der Waals surface area contributed by atoms with E-state index in [0.29, 0.717) is 12.1 Å². The van der Waals surface area contributed by atoms with Crippen LogP contribution in [0.1, 0.15) is 12.0 Å². The largest absolute Gasteiger partial charge is 0.396 e. The molecule has 0 saturated carbocycles. The molecule has 0 radical (unpaired) electrons. The molecule has 4 nitrogen and oxygen atoms in total. The molecule has 0 aliphatic carbocycles. The molecular weight excluding hydrogens is 401 g/mol. The van der Waals surface area contributed by atoms with Crippen LogP contribution in [0.4, 0.5) is 5.69 Å². The normalized spacial score (nSPS) is 11.3. The summed E-state index contributed by atoms with van der Waals surface area (Å²) in [5.74, 6) is 0. The number of benzene rings is 2. The van der Waals surface area contributed by atoms with E-state index in [1.807, 2.05) is 12.1 Å². The number of rotatable bonds is 6. The lowest BCUT2D eigenvalue weighted by Crippen LogP contribution is -2.12. The van der Waals surface area contributed by atoms with Gasteiger partial charge in [0.2, 0.25) is 0 Å². The molecule has 0 heterocycles. The lowest BCUT2D eigenvalue weighted by Gasteiger charge is -2.09. The minimum atomic E-state index is -3.57. The predicted molar refractivity (Wildman–Crippen MR) is 91.8 cm³/mol. The average Bonchev–Trinajstić information content (AvgIpc) is 2.48. The third-order valence-corrected chi connectivity index (χ3v) is 5.07. The molecule has 0 spiro atoms. The van der Waals surface area contributed by atoms with Crippen LogP contribution in [-0.4, -0.2) is 20.1 Å². The van der Waals surface area contributed by atoms with Gasteiger partial charge in [-0.05, 0) is 77.4 Å². The molecule has 2 aromatic carbocycles. The highest BCUT2D eigenvalue weighted by Crippen LogP contribution is 2.18. The first-order valence-corrected chi connectivity index (χ1v) is 9.05. The molecule has 2 aromatic rings. The second-order valence-corrected chi connectivity index (χ2v) is 7.51. The highest BCUT2D eigenvalue weighted by Gasteiger charge is 2.13. The molecule has 0 fully saturated rings. The van der Waals surface area contributed by atoms with Crippen molar-refractivity contribution in [2.45, 2.75) is 17.7 Å². The summed E-state index contributed by atoms with van der Waals surface area (Å²) in [4.78, 5) is 0.230. The number of aryl methyl sites for hydroxylation is 1. The van der Waals surface area contributed by atoms with Gasteiger partial charge < -0.3 is 5.11 Å². The number of aliphatic hydroxyl groups excluding tert-OH is 1. The number of nitrogens with one attached hydrogen (secondary N) is 1. The Balaban J connectivity index is 2.13. The first-order valence-electron chi connectivity index (χ1n) is 6.49. The maximum atomic E-state index is 12.3. The van der Waals surface area contributed by atoms with E-state index in [-0.39, 0.29) is 11.5 Å². The van der Waals surface area contributed by atoms with Gasteiger partial charge in [-0.15, -0.1) is 0 Å². The maximum absolute atomic E-state index is 12.3. The van der Waals surface area contributed by atoms with Crippen molar-refractivity contribution in [1.29, 1.82) is 0 Å². The molecule has 0 atom stereocenters. The van der Waals surface area contributed by atoms with E-state index in [2.05, 4.69) is 27.3 Å². The van der Waals surface area contributed by atoms with Gasteiger partial charge in [0.15, 0.2) is 0 Å². The van der Waals surface area contributed by atoms with Crippen LogP contribution in [0.3, 0.4) is 0 Å². The van der Waals surface area contributed by atoms with Crippen molar-refractivity contribution in [2.24, 2.45) is 0 Å². The molecule has 0 amide bonds. The summed E-state index contributed by atoms with van der Waals surface area (Å²) < 4.78 is 28.1. The van der Waals surface area contributed by atoms with Gasteiger partial charge in [-0.2, -0.15) is 0 Å². The van der Waals surface area contributed by atoms with Crippen LogP contribution in [0.25, 0.3) is 0 Å². The monoisotopic (exact) mass is 417 g/mol. The Labute approximate surface area is 138 Å². The number of halogens is 1. The number of aliphatic hydroxyl groups is 1. The molecular formula is C15H16INO3S. The van der Waals surface area contributed by atoms with Crippen LogP contribution < -0.4 is 4.72 Å². The molecule has 0 aliphatic heterocycles. The van der Waals surface area contributed by atoms with E-state index in [0.717, 1.165) is 15.6 Å². The van der Waals surface area contributed by atoms with E-state index < -0.39 is 10.0 Å². The summed E-state index contributed by atoms with van der Waals surface area (Å²) >= 11 is 2.16. The van der Waals surface area contributed by atoms with Gasteiger partial charge in [-0.3, -0.25) is 4.72 Å². The average molecular weight is 417 g/mol. The molecule has 2 N–H and O–H groups in total. The van der Waals surface area contributed by atoms with Crippen molar-refractivity contribution in [3.05, 3.63) is 57.7 Å². The number of sulfonamides is 1. The lowest BCUT2D eigenvalue weighted by molar-refractivity contribution is 0.288. The number of hydrogen-bond donors (Lipinski definition) is 2. The van der Waals surface area contributed by atoms with E-state index >= 15 is 0 Å². The van der Waals surface area contributed by atoms with Gasteiger partial charge in [0, 0.05) is 15.9 Å². The first kappa shape index (κ1) is 16.3. The minimum absolute atomic E-state index is 0.133. The summed E-state index contributed by atoms with van der Waals surface area (Å²) in [6, 6.07) is 13.9. The van der Waals surface area contributed by atoms with Crippen molar-refractivity contribution < 1.29 is 13.5 Å². The van der Waals surface area contributed by atoms with Crippen molar-refractivity contribution >= 4 is 38.3 Å². The van der Waals surface area contributed by atoms with Gasteiger partial charge in [-0.25, -0.2) is 8.42 Å². The second-order valence-electron chi connectivity index (χ2n) is 4.58. The van der Waals surface area contributed by atoms with Crippen molar-refractivity contribution in [1.82, 2.24) is 0 Å². The minimum Gasteiger partial charge on any atom is -0.396 e. The van der Waals surface area contributed by atoms with Crippen LogP contribution in [0.5, 0.6) is 0 Å². The molecule has 112 valence electrons. The van der Waals surface area contributed by atoms with E-state index in [1.165, 1.54) is 0 Å². The Hall–Kier alpha value is -1.12. The van der Waals surface area contributed by atoms with Crippen LogP contribution in [0.2, 0.25) is 0 Å². The SMILES string of the molecule is O=S(=O)(Nc1ccc(I)cc1)c1ccc(CCCO)cc1. The fourth-order valence-corrected chi connectivity index (χ4v) is 3.27. The molecule has 2 rings (SSSR count). The van der Waals surface area contributed by atoms with Gasteiger partial charge in [-0.1, -0.05) is 12.1 Å². The van der Waals surface area contributed by atoms with Gasteiger partial charge in [0.25, 0.3) is 10.0 Å². The summed E-state index contributed by atoms with van der Waals surface area (Å²) in [7, 11) is -3.57. The fourth-order valence-electron chi connectivity index (χ4n) is 1.85. The summed E-state index contributed by atoms with van der Waals surface area (Å²) in [5, 5.41) is 8.79. The predicted octanol–water partition coefficient (Wildman–Crippen LogP) is 3.02. The number of anilines is 1. The first-order chi connectivity index (χ1) is 10.0. The fraction of sp³-hybridized carbons (Fsp3) is 0.200. The smallest absolute Gasteiger partial charge is 0.261 e. The van der Waals surface area contributed by atoms with Crippen LogP contribution in [-0.2, 0) is 16.4 Å². The van der Waals surface area contributed by atoms with Gasteiger partial charge in [0.1, 0.15) is 0 Å². The molecule has 0 bridgehead atoms. The Morgan fingerprint density at radius 3 is 2.19 bits per heavy atom. The zero-order chi connectivity index (χ0) is 15.3. The van der Waals surface area contributed by atoms with Crippen LogP contribution >= 0.6 is 22.6 Å². The zero-order valence-corrected chi connectivity index (χ0v) is 14.3. The van der Waals surface area contributed by atoms with E-state index in [9.17, 15) is 8.42 Å². The Morgan fingerprint density at radius 1 is 1.00 bits per heavy atom. The summed E-state index contributed by atoms with van der Waals surface area (Å²) in [6.45, 7) is 0.133. The van der Waals surface area contributed by atoms with Gasteiger partial charge in [0.05, 0.1) is 4.90 Å². The Kier molecular flexibility index (Phi) is 5.60. The highest BCUT2D eigenvalue weighted by molar-refractivity contribution is 14.1. The molecule has 0 aliphatic rings. The third-order valence-electron chi connectivity index (χ3n) is 2.95. The number of hydrogen-bond acceptors (Lipinski definition) is 3. The molecule has 6 heteroatoms. The van der Waals surface area contributed by atoms with Gasteiger partial charge >= 0.3 is 0 Å². The summed E-state index contributed by atoms with van der Waals surface area (Å²) in [5.41, 5.74) is 1.55. The van der Waals surface area contributed by atoms with Crippen LogP contribution in [0.15, 0.2) is 53.4 Å². The molecule has 0 aromatic heterocycles. The lowest BCUT2D eigenvalue weighted by atomic mass is 10.1. The quantitative estimate of drug-likeness (QED) is 0.711. The topological polar surface area (TPSA) is 66.4 Å². The highest BCUT2D eigenvalue weighted by atomic mass is 127. The van der Waals surface area contributed by atoms with Crippen molar-refractivity contribution in [3.8, 4) is 0 Å². The molecule has 21 heavy (non-hydrogen) atoms. The molecule has 0 unspecified atom stereocenters. The van der Waals surface area contributed by atoms with E-state index in [1.54, 1.807) is 36.4 Å². The Morgan fingerprint density at radius 2 is 1.62 bits per heavy atom.